The van der Waals surface area contributed by atoms with Crippen molar-refractivity contribution < 1.29 is 9.90 Å². The number of carbonyl (C=O) groups is 1. The van der Waals surface area contributed by atoms with Crippen molar-refractivity contribution in [3.8, 4) is 5.75 Å². The normalized spacial score (nSPS) is 13.3. The third kappa shape index (κ3) is 5.70. The lowest BCUT2D eigenvalue weighted by Crippen LogP contribution is -2.29. The number of phenols is 1. The fourth-order valence-corrected chi connectivity index (χ4v) is 2.74. The Morgan fingerprint density at radius 2 is 1.83 bits per heavy atom. The van der Waals surface area contributed by atoms with Crippen LogP contribution >= 0.6 is 0 Å². The van der Waals surface area contributed by atoms with Crippen molar-refractivity contribution in [2.24, 2.45) is 0 Å². The van der Waals surface area contributed by atoms with E-state index in [-0.39, 0.29) is 11.9 Å². The summed E-state index contributed by atoms with van der Waals surface area (Å²) in [5, 5.41) is 15.7. The molecule has 0 radical (unpaired) electrons. The van der Waals surface area contributed by atoms with Gasteiger partial charge in [0.15, 0.2) is 0 Å². The van der Waals surface area contributed by atoms with Crippen molar-refractivity contribution in [3.05, 3.63) is 59.7 Å². The summed E-state index contributed by atoms with van der Waals surface area (Å²) < 4.78 is 0. The van der Waals surface area contributed by atoms with Gasteiger partial charge in [0.1, 0.15) is 5.75 Å². The Morgan fingerprint density at radius 1 is 1.12 bits per heavy atom. The number of aromatic hydroxyl groups is 1. The summed E-state index contributed by atoms with van der Waals surface area (Å²) >= 11 is 0. The highest BCUT2D eigenvalue weighted by atomic mass is 16.3. The molecule has 0 bridgehead atoms. The maximum Gasteiger partial charge on any atom is 0.221 e. The highest BCUT2D eigenvalue weighted by molar-refractivity contribution is 5.88. The zero-order chi connectivity index (χ0) is 17.5. The van der Waals surface area contributed by atoms with Crippen LogP contribution in [0.4, 0.5) is 5.69 Å². The molecule has 0 aliphatic rings. The molecule has 2 rings (SSSR count). The van der Waals surface area contributed by atoms with Gasteiger partial charge in [0.2, 0.25) is 5.91 Å². The van der Waals surface area contributed by atoms with Gasteiger partial charge in [0.25, 0.3) is 0 Å². The molecule has 0 saturated heterocycles. The van der Waals surface area contributed by atoms with Crippen LogP contribution < -0.4 is 10.6 Å². The monoisotopic (exact) mass is 326 g/mol. The summed E-state index contributed by atoms with van der Waals surface area (Å²) in [5.74, 6) is 0.243. The summed E-state index contributed by atoms with van der Waals surface area (Å²) in [7, 11) is 0. The lowest BCUT2D eigenvalue weighted by atomic mass is 10.0. The van der Waals surface area contributed by atoms with Crippen LogP contribution in [0.5, 0.6) is 5.75 Å². The Kier molecular flexibility index (Phi) is 6.38. The SMILES string of the molecule is CC(=O)Nc1cccc(C(C)NC(C)CCc2ccc(O)cc2)c1. The highest BCUT2D eigenvalue weighted by Gasteiger charge is 2.10. The van der Waals surface area contributed by atoms with Gasteiger partial charge < -0.3 is 15.7 Å². The summed E-state index contributed by atoms with van der Waals surface area (Å²) in [6.07, 6.45) is 1.98. The second kappa shape index (κ2) is 8.50. The van der Waals surface area contributed by atoms with Crippen molar-refractivity contribution in [2.75, 3.05) is 5.32 Å². The number of amides is 1. The largest absolute Gasteiger partial charge is 0.508 e. The Balaban J connectivity index is 1.87. The number of phenolic OH excluding ortho intramolecular Hbond substituents is 1. The van der Waals surface area contributed by atoms with Crippen LogP contribution in [0.2, 0.25) is 0 Å². The van der Waals surface area contributed by atoms with Crippen molar-refractivity contribution in [3.63, 3.8) is 0 Å². The average Bonchev–Trinajstić information content (AvgIpc) is 2.54. The molecule has 0 aliphatic carbocycles. The van der Waals surface area contributed by atoms with Crippen LogP contribution in [-0.4, -0.2) is 17.1 Å². The number of benzene rings is 2. The molecule has 0 aromatic heterocycles. The maximum absolute atomic E-state index is 11.2. The molecule has 2 aromatic carbocycles. The fraction of sp³-hybridized carbons (Fsp3) is 0.350. The van der Waals surface area contributed by atoms with Crippen molar-refractivity contribution in [1.82, 2.24) is 5.32 Å². The van der Waals surface area contributed by atoms with Gasteiger partial charge in [-0.3, -0.25) is 4.79 Å². The number of aryl methyl sites for hydroxylation is 1. The van der Waals surface area contributed by atoms with Crippen LogP contribution in [0.1, 0.15) is 44.4 Å². The smallest absolute Gasteiger partial charge is 0.221 e. The van der Waals surface area contributed by atoms with Gasteiger partial charge in [0.05, 0.1) is 0 Å². The molecular formula is C20H26N2O2. The van der Waals surface area contributed by atoms with E-state index in [0.717, 1.165) is 24.1 Å². The van der Waals surface area contributed by atoms with Crippen LogP contribution in [-0.2, 0) is 11.2 Å². The Morgan fingerprint density at radius 3 is 2.50 bits per heavy atom. The Hall–Kier alpha value is -2.33. The predicted octanol–water partition coefficient (Wildman–Crippen LogP) is 4.02. The van der Waals surface area contributed by atoms with E-state index >= 15 is 0 Å². The minimum Gasteiger partial charge on any atom is -0.508 e. The third-order valence-electron chi connectivity index (χ3n) is 4.04. The van der Waals surface area contributed by atoms with Crippen molar-refractivity contribution in [1.29, 1.82) is 0 Å². The molecule has 3 N–H and O–H groups in total. The molecule has 4 heteroatoms. The molecule has 0 saturated carbocycles. The fourth-order valence-electron chi connectivity index (χ4n) is 2.74. The Bertz CT molecular complexity index is 668. The van der Waals surface area contributed by atoms with Crippen LogP contribution in [0, 0.1) is 0 Å². The molecule has 1 amide bonds. The van der Waals surface area contributed by atoms with E-state index in [0.29, 0.717) is 11.8 Å². The lowest BCUT2D eigenvalue weighted by Gasteiger charge is -2.21. The summed E-state index contributed by atoms with van der Waals surface area (Å²) in [6, 6.07) is 15.9. The average molecular weight is 326 g/mol. The molecule has 2 atom stereocenters. The number of rotatable bonds is 7. The second-order valence-electron chi connectivity index (χ2n) is 6.30. The van der Waals surface area contributed by atoms with Crippen LogP contribution in [0.3, 0.4) is 0 Å². The van der Waals surface area contributed by atoms with Crippen LogP contribution in [0.15, 0.2) is 48.5 Å². The van der Waals surface area contributed by atoms with E-state index in [2.05, 4.69) is 30.5 Å². The number of hydrogen-bond donors (Lipinski definition) is 3. The van der Waals surface area contributed by atoms with Gasteiger partial charge in [-0.1, -0.05) is 24.3 Å². The van der Waals surface area contributed by atoms with Gasteiger partial charge >= 0.3 is 0 Å². The quantitative estimate of drug-likeness (QED) is 0.720. The lowest BCUT2D eigenvalue weighted by molar-refractivity contribution is -0.114. The van der Waals surface area contributed by atoms with Gasteiger partial charge in [-0.25, -0.2) is 0 Å². The minimum absolute atomic E-state index is 0.0602. The Labute approximate surface area is 143 Å². The van der Waals surface area contributed by atoms with E-state index in [1.54, 1.807) is 12.1 Å². The summed E-state index contributed by atoms with van der Waals surface area (Å²) in [5.41, 5.74) is 3.20. The maximum atomic E-state index is 11.2. The molecule has 2 aromatic rings. The first-order valence-electron chi connectivity index (χ1n) is 8.35. The molecule has 0 spiro atoms. The first kappa shape index (κ1) is 18.0. The number of nitrogens with one attached hydrogen (secondary N) is 2. The van der Waals surface area contributed by atoms with Gasteiger partial charge in [-0.2, -0.15) is 0 Å². The summed E-state index contributed by atoms with van der Waals surface area (Å²) in [4.78, 5) is 11.2. The zero-order valence-electron chi connectivity index (χ0n) is 14.5. The first-order valence-corrected chi connectivity index (χ1v) is 8.35. The molecule has 24 heavy (non-hydrogen) atoms. The standard InChI is InChI=1S/C20H26N2O2/c1-14(7-8-17-9-11-20(24)12-10-17)21-15(2)18-5-4-6-19(13-18)22-16(3)23/h4-6,9-15,21,24H,7-8H2,1-3H3,(H,22,23). The second-order valence-corrected chi connectivity index (χ2v) is 6.30. The van der Waals surface area contributed by atoms with Crippen LogP contribution in [0.25, 0.3) is 0 Å². The van der Waals surface area contributed by atoms with Crippen molar-refractivity contribution in [2.45, 2.75) is 45.7 Å². The van der Waals surface area contributed by atoms with E-state index in [1.165, 1.54) is 12.5 Å². The number of hydrogen-bond acceptors (Lipinski definition) is 3. The first-order chi connectivity index (χ1) is 11.4. The van der Waals surface area contributed by atoms with Gasteiger partial charge in [-0.05, 0) is 62.1 Å². The summed E-state index contributed by atoms with van der Waals surface area (Å²) in [6.45, 7) is 5.82. The van der Waals surface area contributed by atoms with Gasteiger partial charge in [0, 0.05) is 24.7 Å². The highest BCUT2D eigenvalue weighted by Crippen LogP contribution is 2.19. The van der Waals surface area contributed by atoms with E-state index < -0.39 is 0 Å². The molecule has 2 unspecified atom stereocenters. The topological polar surface area (TPSA) is 61.4 Å². The molecule has 4 nitrogen and oxygen atoms in total. The zero-order valence-corrected chi connectivity index (χ0v) is 14.5. The van der Waals surface area contributed by atoms with E-state index in [9.17, 15) is 9.90 Å². The number of carbonyl (C=O) groups excluding carboxylic acids is 1. The predicted molar refractivity (Wildman–Crippen MR) is 98.2 cm³/mol. The molecular weight excluding hydrogens is 300 g/mol. The van der Waals surface area contributed by atoms with Crippen molar-refractivity contribution >= 4 is 11.6 Å². The van der Waals surface area contributed by atoms with Gasteiger partial charge in [-0.15, -0.1) is 0 Å². The molecule has 0 fully saturated rings. The molecule has 128 valence electrons. The third-order valence-corrected chi connectivity index (χ3v) is 4.04. The van der Waals surface area contributed by atoms with E-state index in [1.807, 2.05) is 30.3 Å². The molecule has 0 heterocycles. The number of anilines is 1. The minimum atomic E-state index is -0.0602. The molecule has 0 aliphatic heterocycles. The van der Waals surface area contributed by atoms with E-state index in [4.69, 9.17) is 0 Å².